The Morgan fingerprint density at radius 3 is 2.35 bits per heavy atom. The molecule has 0 saturated heterocycles. The third-order valence-corrected chi connectivity index (χ3v) is 6.60. The van der Waals surface area contributed by atoms with Crippen molar-refractivity contribution >= 4 is 72.8 Å². The first kappa shape index (κ1) is 15.4. The highest BCUT2D eigenvalue weighted by Gasteiger charge is 2.27. The molecule has 8 rings (SSSR count). The largest absolute Gasteiger partial charge is 0.424 e. The summed E-state index contributed by atoms with van der Waals surface area (Å²) in [6.07, 6.45) is 3.70. The second-order valence-electron chi connectivity index (χ2n) is 8.10. The van der Waals surface area contributed by atoms with E-state index in [1.165, 1.54) is 0 Å². The highest BCUT2D eigenvalue weighted by molar-refractivity contribution is 6.32. The van der Waals surface area contributed by atoms with Gasteiger partial charge in [0.05, 0.1) is 32.7 Å². The molecule has 0 radical (unpaired) electrons. The third kappa shape index (κ3) is 1.53. The molecule has 0 amide bonds. The molecule has 5 aromatic heterocycles. The molecule has 7 aromatic rings. The van der Waals surface area contributed by atoms with Crippen molar-refractivity contribution in [2.24, 2.45) is 0 Å². The van der Waals surface area contributed by atoms with Gasteiger partial charge in [-0.25, -0.2) is 0 Å². The van der Waals surface area contributed by atoms with Crippen LogP contribution in [-0.2, 0) is 4.79 Å². The molecular weight excluding hydrogens is 394 g/mol. The number of hydrogen-bond acceptors (Lipinski definition) is 4. The zero-order valence-electron chi connectivity index (χ0n) is 15.9. The van der Waals surface area contributed by atoms with Crippen molar-refractivity contribution in [2.75, 3.05) is 0 Å². The molecule has 1 aliphatic carbocycles. The van der Waals surface area contributed by atoms with E-state index >= 15 is 0 Å². The lowest BCUT2D eigenvalue weighted by Crippen LogP contribution is -2.30. The molecule has 0 aliphatic heterocycles. The van der Waals surface area contributed by atoms with Crippen LogP contribution in [0.15, 0.2) is 50.4 Å². The molecule has 2 bridgehead atoms. The molecule has 0 saturated carbocycles. The van der Waals surface area contributed by atoms with Crippen molar-refractivity contribution in [3.63, 3.8) is 0 Å². The first-order chi connectivity index (χ1) is 15.1. The molecule has 7 heteroatoms. The van der Waals surface area contributed by atoms with Crippen molar-refractivity contribution in [1.82, 2.24) is 13.8 Å². The van der Waals surface area contributed by atoms with E-state index < -0.39 is 11.1 Å². The molecule has 5 heterocycles. The normalized spacial score (nSPS) is 14.5. The molecule has 0 unspecified atom stereocenters. The summed E-state index contributed by atoms with van der Waals surface area (Å²) in [6, 6.07) is 11.5. The Hall–Kier alpha value is -4.39. The summed E-state index contributed by atoms with van der Waals surface area (Å²) in [5, 5.41) is 4.50. The number of rotatable bonds is 0. The molecule has 0 atom stereocenters. The fourth-order valence-electron chi connectivity index (χ4n) is 5.51. The number of benzene rings is 2. The van der Waals surface area contributed by atoms with Gasteiger partial charge in [0.25, 0.3) is 11.1 Å². The summed E-state index contributed by atoms with van der Waals surface area (Å²) < 4.78 is 10.1. The zero-order chi connectivity index (χ0) is 20.6. The number of Topliss-reactive ketones (excluding diaryl/α,β-unsaturated/α-hetero) is 1. The fourth-order valence-corrected chi connectivity index (χ4v) is 5.51. The van der Waals surface area contributed by atoms with Crippen molar-refractivity contribution < 1.29 is 9.21 Å². The number of aromatic nitrogens is 3. The summed E-state index contributed by atoms with van der Waals surface area (Å²) in [5.41, 5.74) is 2.85. The van der Waals surface area contributed by atoms with Gasteiger partial charge in [-0.15, -0.1) is 0 Å². The van der Waals surface area contributed by atoms with Crippen LogP contribution in [0.1, 0.15) is 6.42 Å². The molecule has 31 heavy (non-hydrogen) atoms. The quantitative estimate of drug-likeness (QED) is 0.417. The zero-order valence-corrected chi connectivity index (χ0v) is 15.9. The van der Waals surface area contributed by atoms with Gasteiger partial charge in [-0.3, -0.25) is 28.2 Å². The highest BCUT2D eigenvalue weighted by Crippen LogP contribution is 2.39. The Kier molecular flexibility index (Phi) is 2.33. The molecule has 2 aromatic carbocycles. The van der Waals surface area contributed by atoms with Gasteiger partial charge in [0.1, 0.15) is 0 Å². The van der Waals surface area contributed by atoms with Crippen LogP contribution < -0.4 is 21.7 Å². The Morgan fingerprint density at radius 2 is 1.52 bits per heavy atom. The number of nitrogens with one attached hydrogen (secondary N) is 1. The molecule has 1 aliphatic rings. The Labute approximate surface area is 170 Å². The standard InChI is InChI=1S/C24H11N3O4/c28-10-5-6-12-14(9-10)27-16-8-7-15(31-16)26-13-4-2-1-3-11(13)17-19-20(24(30)25-23(19)29)18(12)22(27)21(17)26/h1-4,6-9H,5H2,(H,25,29,30). The van der Waals surface area contributed by atoms with Crippen molar-refractivity contribution in [2.45, 2.75) is 6.42 Å². The van der Waals surface area contributed by atoms with Crippen molar-refractivity contribution in [3.8, 4) is 0 Å². The van der Waals surface area contributed by atoms with Crippen LogP contribution in [0.25, 0.3) is 67.1 Å². The average Bonchev–Trinajstić information content (AvgIpc) is 3.46. The lowest BCUT2D eigenvalue weighted by atomic mass is 10.0. The van der Waals surface area contributed by atoms with Crippen LogP contribution in [0.4, 0.5) is 0 Å². The second kappa shape index (κ2) is 4.67. The number of carbonyl (C=O) groups excluding carboxylic acids is 1. The predicted octanol–water partition coefficient (Wildman–Crippen LogP) is 1.86. The second-order valence-corrected chi connectivity index (χ2v) is 8.10. The van der Waals surface area contributed by atoms with Crippen LogP contribution in [0.2, 0.25) is 0 Å². The SMILES string of the molecule is O=C1C=c2c(c3c4c(=O)[nH]c(=O)c4c4c5ccccc5n5c6ccc(o6)n2c3c45)=CC1. The number of nitrogens with zero attached hydrogens (tertiary/aromatic N) is 2. The average molecular weight is 405 g/mol. The van der Waals surface area contributed by atoms with Crippen LogP contribution >= 0.6 is 0 Å². The molecule has 0 fully saturated rings. The van der Waals surface area contributed by atoms with E-state index in [1.54, 1.807) is 6.08 Å². The van der Waals surface area contributed by atoms with Crippen LogP contribution in [0, 0.1) is 0 Å². The molecule has 1 N–H and O–H groups in total. The summed E-state index contributed by atoms with van der Waals surface area (Å²) in [6.45, 7) is 0. The fraction of sp³-hybridized carbons (Fsp3) is 0.0417. The van der Waals surface area contributed by atoms with Crippen LogP contribution in [0.5, 0.6) is 0 Å². The van der Waals surface area contributed by atoms with E-state index in [0.29, 0.717) is 32.9 Å². The van der Waals surface area contributed by atoms with Gasteiger partial charge in [0.15, 0.2) is 5.78 Å². The van der Waals surface area contributed by atoms with Crippen LogP contribution in [0.3, 0.4) is 0 Å². The van der Waals surface area contributed by atoms with E-state index in [9.17, 15) is 14.4 Å². The van der Waals surface area contributed by atoms with E-state index in [0.717, 1.165) is 32.5 Å². The lowest BCUT2D eigenvalue weighted by Gasteiger charge is -2.01. The lowest BCUT2D eigenvalue weighted by molar-refractivity contribution is -0.112. The smallest absolute Gasteiger partial charge is 0.259 e. The summed E-state index contributed by atoms with van der Waals surface area (Å²) in [7, 11) is 0. The topological polar surface area (TPSA) is 89.0 Å². The van der Waals surface area contributed by atoms with E-state index in [1.807, 2.05) is 51.3 Å². The number of H-pyrrole nitrogens is 1. The van der Waals surface area contributed by atoms with Gasteiger partial charge in [-0.1, -0.05) is 24.3 Å². The monoisotopic (exact) mass is 405 g/mol. The summed E-state index contributed by atoms with van der Waals surface area (Å²) in [5.74, 6) is -0.0171. The number of fused-ring (bicyclic) bond motifs is 13. The molecule has 7 nitrogen and oxygen atoms in total. The van der Waals surface area contributed by atoms with Crippen LogP contribution in [-0.4, -0.2) is 19.6 Å². The number of hydrogen-bond donors (Lipinski definition) is 1. The maximum atomic E-state index is 13.0. The maximum Gasteiger partial charge on any atom is 0.259 e. The molecule has 0 spiro atoms. The van der Waals surface area contributed by atoms with Gasteiger partial charge >= 0.3 is 0 Å². The summed E-state index contributed by atoms with van der Waals surface area (Å²) in [4.78, 5) is 40.8. The number of aromatic amines is 1. The Balaban J connectivity index is 2.00. The van der Waals surface area contributed by atoms with Gasteiger partial charge in [0, 0.05) is 46.0 Å². The minimum Gasteiger partial charge on any atom is -0.424 e. The Bertz CT molecular complexity index is 2190. The number of ketones is 1. The third-order valence-electron chi connectivity index (χ3n) is 6.60. The first-order valence-electron chi connectivity index (χ1n) is 9.98. The van der Waals surface area contributed by atoms with Gasteiger partial charge in [-0.05, 0) is 6.07 Å². The van der Waals surface area contributed by atoms with Gasteiger partial charge < -0.3 is 4.42 Å². The van der Waals surface area contributed by atoms with Gasteiger partial charge in [0.2, 0.25) is 11.4 Å². The minimum atomic E-state index is -0.410. The van der Waals surface area contributed by atoms with E-state index in [4.69, 9.17) is 4.42 Å². The first-order valence-corrected chi connectivity index (χ1v) is 9.98. The maximum absolute atomic E-state index is 13.0. The number of para-hydroxylation sites is 1. The summed E-state index contributed by atoms with van der Waals surface area (Å²) >= 11 is 0. The highest BCUT2D eigenvalue weighted by atomic mass is 16.4. The predicted molar refractivity (Wildman–Crippen MR) is 118 cm³/mol. The number of furan rings is 1. The van der Waals surface area contributed by atoms with Crippen molar-refractivity contribution in [1.29, 1.82) is 0 Å². The van der Waals surface area contributed by atoms with Crippen molar-refractivity contribution in [3.05, 3.63) is 67.7 Å². The van der Waals surface area contributed by atoms with E-state index in [2.05, 4.69) is 4.98 Å². The molecular formula is C24H11N3O4. The minimum absolute atomic E-state index is 0.0171. The van der Waals surface area contributed by atoms with Gasteiger partial charge in [-0.2, -0.15) is 0 Å². The Morgan fingerprint density at radius 1 is 0.806 bits per heavy atom. The molecule has 146 valence electrons. The van der Waals surface area contributed by atoms with E-state index in [-0.39, 0.29) is 12.2 Å². The number of carbonyl (C=O) groups is 1.